The Morgan fingerprint density at radius 2 is 1.43 bits per heavy atom. The van der Waals surface area contributed by atoms with Crippen molar-refractivity contribution in [2.45, 2.75) is 90.1 Å². The maximum Gasteiger partial charge on any atom is 0.184 e. The van der Waals surface area contributed by atoms with Crippen LogP contribution in [0.15, 0.2) is 47.5 Å². The van der Waals surface area contributed by atoms with Gasteiger partial charge in [0.2, 0.25) is 0 Å². The molecule has 0 radical (unpaired) electrons. The third-order valence-electron chi connectivity index (χ3n) is 5.85. The number of ether oxygens (including phenoxy) is 1. The number of nitrogens with zero attached hydrogens (tertiary/aromatic N) is 1. The van der Waals surface area contributed by atoms with Gasteiger partial charge in [-0.2, -0.15) is 0 Å². The Balaban J connectivity index is 1.26. The summed E-state index contributed by atoms with van der Waals surface area (Å²) in [5, 5.41) is 2.56. The molecule has 2 nitrogen and oxygen atoms in total. The lowest BCUT2D eigenvalue weighted by Crippen LogP contribution is -2.05. The maximum absolute atomic E-state index is 6.14. The molecule has 1 aliphatic heterocycles. The molecule has 2 aromatic carbocycles. The monoisotopic (exact) mass is 379 g/mol. The predicted octanol–water partition coefficient (Wildman–Crippen LogP) is 8.01. The van der Waals surface area contributed by atoms with Crippen molar-refractivity contribution in [3.63, 3.8) is 0 Å². The van der Waals surface area contributed by atoms with Crippen LogP contribution in [0.2, 0.25) is 0 Å². The first kappa shape index (κ1) is 20.9. The van der Waals surface area contributed by atoms with Crippen molar-refractivity contribution in [3.05, 3.63) is 48.0 Å². The van der Waals surface area contributed by atoms with Crippen LogP contribution in [0, 0.1) is 0 Å². The van der Waals surface area contributed by atoms with Crippen molar-refractivity contribution in [3.8, 4) is 0 Å². The second-order valence-corrected chi connectivity index (χ2v) is 8.23. The van der Waals surface area contributed by atoms with Crippen LogP contribution < -0.4 is 0 Å². The summed E-state index contributed by atoms with van der Waals surface area (Å²) < 4.78 is 6.14. The third kappa shape index (κ3) is 6.65. The molecule has 1 heterocycles. The number of hydrogen-bond donors (Lipinski definition) is 0. The van der Waals surface area contributed by atoms with Crippen LogP contribution in [-0.4, -0.2) is 12.4 Å². The van der Waals surface area contributed by atoms with E-state index in [1.54, 1.807) is 0 Å². The summed E-state index contributed by atoms with van der Waals surface area (Å²) in [6.07, 6.45) is 16.2. The van der Waals surface area contributed by atoms with E-state index in [-0.39, 0.29) is 6.10 Å². The van der Waals surface area contributed by atoms with Crippen molar-refractivity contribution in [1.29, 1.82) is 0 Å². The normalized spacial score (nSPS) is 16.3. The first-order chi connectivity index (χ1) is 13.9. The SMILES string of the molecule is CCCCCCCCCCCCCC1=NC[C@@H](c2ccc3ccccc3c2)O1. The zero-order chi connectivity index (χ0) is 19.4. The number of unbranched alkanes of at least 4 members (excludes halogenated alkanes) is 10. The second-order valence-electron chi connectivity index (χ2n) is 8.23. The van der Waals surface area contributed by atoms with Gasteiger partial charge in [0, 0.05) is 6.42 Å². The lowest BCUT2D eigenvalue weighted by molar-refractivity contribution is 0.223. The fraction of sp³-hybridized carbons (Fsp3) is 0.577. The van der Waals surface area contributed by atoms with Gasteiger partial charge in [0.1, 0.15) is 6.10 Å². The molecular formula is C26H37NO. The molecule has 1 atom stereocenters. The Morgan fingerprint density at radius 3 is 2.14 bits per heavy atom. The van der Waals surface area contributed by atoms with Gasteiger partial charge in [-0.3, -0.25) is 4.99 Å². The van der Waals surface area contributed by atoms with Crippen LogP contribution in [-0.2, 0) is 4.74 Å². The molecule has 152 valence electrons. The quantitative estimate of drug-likeness (QED) is 0.323. The van der Waals surface area contributed by atoms with Crippen molar-refractivity contribution in [2.24, 2.45) is 4.99 Å². The third-order valence-corrected chi connectivity index (χ3v) is 5.85. The molecule has 0 saturated heterocycles. The largest absolute Gasteiger partial charge is 0.471 e. The molecule has 0 unspecified atom stereocenters. The van der Waals surface area contributed by atoms with Crippen molar-refractivity contribution in [1.82, 2.24) is 0 Å². The van der Waals surface area contributed by atoms with Gasteiger partial charge in [-0.05, 0) is 28.8 Å². The number of rotatable bonds is 13. The van der Waals surface area contributed by atoms with Gasteiger partial charge in [0.05, 0.1) is 6.54 Å². The molecule has 1 aliphatic rings. The molecule has 0 aliphatic carbocycles. The smallest absolute Gasteiger partial charge is 0.184 e. The first-order valence-corrected chi connectivity index (χ1v) is 11.6. The van der Waals surface area contributed by atoms with E-state index in [4.69, 9.17) is 4.74 Å². The summed E-state index contributed by atoms with van der Waals surface area (Å²) in [4.78, 5) is 4.65. The summed E-state index contributed by atoms with van der Waals surface area (Å²) in [7, 11) is 0. The molecule has 3 rings (SSSR count). The number of fused-ring (bicyclic) bond motifs is 1. The fourth-order valence-corrected chi connectivity index (χ4v) is 4.08. The summed E-state index contributed by atoms with van der Waals surface area (Å²) >= 11 is 0. The topological polar surface area (TPSA) is 21.6 Å². The Kier molecular flexibility index (Phi) is 8.87. The van der Waals surface area contributed by atoms with Crippen LogP contribution in [0.1, 0.15) is 95.6 Å². The van der Waals surface area contributed by atoms with Gasteiger partial charge in [-0.1, -0.05) is 108 Å². The molecule has 0 spiro atoms. The number of hydrogen-bond acceptors (Lipinski definition) is 2. The summed E-state index contributed by atoms with van der Waals surface area (Å²) in [6, 6.07) is 15.1. The summed E-state index contributed by atoms with van der Waals surface area (Å²) in [5.41, 5.74) is 1.25. The van der Waals surface area contributed by atoms with Gasteiger partial charge in [-0.15, -0.1) is 0 Å². The highest BCUT2D eigenvalue weighted by atomic mass is 16.5. The van der Waals surface area contributed by atoms with Gasteiger partial charge >= 0.3 is 0 Å². The van der Waals surface area contributed by atoms with Crippen LogP contribution in [0.5, 0.6) is 0 Å². The molecule has 0 fully saturated rings. The Hall–Kier alpha value is -1.83. The van der Waals surface area contributed by atoms with Crippen molar-refractivity contribution < 1.29 is 4.74 Å². The molecule has 0 N–H and O–H groups in total. The molecule has 0 bridgehead atoms. The highest BCUT2D eigenvalue weighted by Gasteiger charge is 2.21. The zero-order valence-corrected chi connectivity index (χ0v) is 17.7. The Morgan fingerprint density at radius 1 is 0.786 bits per heavy atom. The van der Waals surface area contributed by atoms with Crippen molar-refractivity contribution >= 4 is 16.7 Å². The van der Waals surface area contributed by atoms with E-state index in [2.05, 4.69) is 54.4 Å². The van der Waals surface area contributed by atoms with Crippen molar-refractivity contribution in [2.75, 3.05) is 6.54 Å². The molecule has 2 aromatic rings. The Bertz CT molecular complexity index is 736. The first-order valence-electron chi connectivity index (χ1n) is 11.6. The van der Waals surface area contributed by atoms with Crippen LogP contribution in [0.4, 0.5) is 0 Å². The maximum atomic E-state index is 6.14. The molecule has 0 saturated carbocycles. The summed E-state index contributed by atoms with van der Waals surface area (Å²) in [5.74, 6) is 0.967. The summed E-state index contributed by atoms with van der Waals surface area (Å²) in [6.45, 7) is 3.05. The van der Waals surface area contributed by atoms with Gasteiger partial charge in [0.15, 0.2) is 5.90 Å². The average molecular weight is 380 g/mol. The molecule has 28 heavy (non-hydrogen) atoms. The van der Waals surface area contributed by atoms with E-state index in [1.807, 2.05) is 0 Å². The lowest BCUT2D eigenvalue weighted by Gasteiger charge is -2.12. The average Bonchev–Trinajstić information content (AvgIpc) is 3.20. The van der Waals surface area contributed by atoms with Crippen LogP contribution in [0.25, 0.3) is 10.8 Å². The van der Waals surface area contributed by atoms with E-state index >= 15 is 0 Å². The van der Waals surface area contributed by atoms with Crippen LogP contribution >= 0.6 is 0 Å². The molecule has 0 amide bonds. The van der Waals surface area contributed by atoms with E-state index in [9.17, 15) is 0 Å². The highest BCUT2D eigenvalue weighted by Crippen LogP contribution is 2.27. The molecule has 2 heteroatoms. The van der Waals surface area contributed by atoms with E-state index < -0.39 is 0 Å². The zero-order valence-electron chi connectivity index (χ0n) is 17.7. The Labute approximate surface area is 171 Å². The predicted molar refractivity (Wildman–Crippen MR) is 121 cm³/mol. The molecular weight excluding hydrogens is 342 g/mol. The number of benzene rings is 2. The highest BCUT2D eigenvalue weighted by molar-refractivity contribution is 5.83. The minimum atomic E-state index is 0.104. The number of aliphatic imine (C=N–C) groups is 1. The van der Waals surface area contributed by atoms with Gasteiger partial charge in [-0.25, -0.2) is 0 Å². The fourth-order valence-electron chi connectivity index (χ4n) is 4.08. The van der Waals surface area contributed by atoms with E-state index in [0.29, 0.717) is 0 Å². The molecule has 0 aromatic heterocycles. The van der Waals surface area contributed by atoms with Gasteiger partial charge in [0.25, 0.3) is 0 Å². The van der Waals surface area contributed by atoms with E-state index in [0.717, 1.165) is 18.9 Å². The standard InChI is InChI=1S/C26H37NO/c1-2-3-4-5-6-7-8-9-10-11-12-17-26-27-21-25(28-26)24-19-18-22-15-13-14-16-23(22)20-24/h13-16,18-20,25H,2-12,17,21H2,1H3/t25-/m0/s1. The van der Waals surface area contributed by atoms with Gasteiger partial charge < -0.3 is 4.74 Å². The minimum absolute atomic E-state index is 0.104. The van der Waals surface area contributed by atoms with E-state index in [1.165, 1.54) is 87.0 Å². The second kappa shape index (κ2) is 11.9. The lowest BCUT2D eigenvalue weighted by atomic mass is 10.0. The van der Waals surface area contributed by atoms with Crippen LogP contribution in [0.3, 0.4) is 0 Å². The minimum Gasteiger partial charge on any atom is -0.471 e.